The molecule has 6 nitrogen and oxygen atoms in total. The second-order valence-corrected chi connectivity index (χ2v) is 6.57. The van der Waals surface area contributed by atoms with E-state index in [1.165, 1.54) is 6.07 Å². The highest BCUT2D eigenvalue weighted by Crippen LogP contribution is 2.34. The summed E-state index contributed by atoms with van der Waals surface area (Å²) in [5, 5.41) is 5.22. The van der Waals surface area contributed by atoms with Gasteiger partial charge in [-0.15, -0.1) is 0 Å². The molecule has 1 aliphatic heterocycles. The Morgan fingerprint density at radius 3 is 2.64 bits per heavy atom. The number of halogens is 2. The summed E-state index contributed by atoms with van der Waals surface area (Å²) in [5.41, 5.74) is -0.745. The SMILES string of the molecule is C[C@H](NC(=O)CN1C(=O)NC2(CCCC2)C1=O)c1ccc(F)cc1F. The first-order chi connectivity index (χ1) is 11.8. The van der Waals surface area contributed by atoms with E-state index in [1.54, 1.807) is 6.92 Å². The number of carbonyl (C=O) groups excluding carboxylic acids is 3. The van der Waals surface area contributed by atoms with E-state index in [9.17, 15) is 23.2 Å². The number of nitrogens with zero attached hydrogens (tertiary/aromatic N) is 1. The Bertz CT molecular complexity index is 732. The van der Waals surface area contributed by atoms with Gasteiger partial charge in [0, 0.05) is 11.6 Å². The Labute approximate surface area is 143 Å². The van der Waals surface area contributed by atoms with Crippen LogP contribution in [0.5, 0.6) is 0 Å². The van der Waals surface area contributed by atoms with Crippen molar-refractivity contribution in [3.63, 3.8) is 0 Å². The number of hydrogen-bond acceptors (Lipinski definition) is 3. The molecule has 1 saturated heterocycles. The van der Waals surface area contributed by atoms with E-state index < -0.39 is 41.7 Å². The number of rotatable bonds is 4. The van der Waals surface area contributed by atoms with E-state index in [1.807, 2.05) is 0 Å². The molecule has 2 fully saturated rings. The van der Waals surface area contributed by atoms with Crippen LogP contribution in [0.3, 0.4) is 0 Å². The predicted molar refractivity (Wildman–Crippen MR) is 84.4 cm³/mol. The zero-order valence-corrected chi connectivity index (χ0v) is 13.8. The maximum Gasteiger partial charge on any atom is 0.325 e. The van der Waals surface area contributed by atoms with Crippen molar-refractivity contribution in [2.24, 2.45) is 0 Å². The van der Waals surface area contributed by atoms with Gasteiger partial charge in [-0.3, -0.25) is 14.5 Å². The third-order valence-electron chi connectivity index (χ3n) is 4.81. The summed E-state index contributed by atoms with van der Waals surface area (Å²) in [6.45, 7) is 1.11. The lowest BCUT2D eigenvalue weighted by Gasteiger charge is -2.20. The lowest BCUT2D eigenvalue weighted by Crippen LogP contribution is -2.45. The molecule has 0 aromatic heterocycles. The fourth-order valence-corrected chi connectivity index (χ4v) is 3.50. The summed E-state index contributed by atoms with van der Waals surface area (Å²) in [4.78, 5) is 37.6. The second kappa shape index (κ2) is 6.42. The van der Waals surface area contributed by atoms with E-state index in [4.69, 9.17) is 0 Å². The Hall–Kier alpha value is -2.51. The summed E-state index contributed by atoms with van der Waals surface area (Å²) >= 11 is 0. The first kappa shape index (κ1) is 17.3. The van der Waals surface area contributed by atoms with Gasteiger partial charge in [0.25, 0.3) is 5.91 Å². The average molecular weight is 351 g/mol. The molecule has 3 rings (SSSR count). The van der Waals surface area contributed by atoms with Crippen LogP contribution in [0, 0.1) is 11.6 Å². The minimum atomic E-state index is -0.869. The Morgan fingerprint density at radius 1 is 1.32 bits per heavy atom. The van der Waals surface area contributed by atoms with Crippen molar-refractivity contribution in [3.05, 3.63) is 35.4 Å². The van der Waals surface area contributed by atoms with Crippen molar-refractivity contribution in [2.75, 3.05) is 6.54 Å². The summed E-state index contributed by atoms with van der Waals surface area (Å²) in [7, 11) is 0. The van der Waals surface area contributed by atoms with Crippen molar-refractivity contribution in [1.29, 1.82) is 0 Å². The van der Waals surface area contributed by atoms with Gasteiger partial charge in [-0.2, -0.15) is 0 Å². The lowest BCUT2D eigenvalue weighted by molar-refractivity contribution is -0.135. The minimum absolute atomic E-state index is 0.124. The van der Waals surface area contributed by atoms with Crippen molar-refractivity contribution in [1.82, 2.24) is 15.5 Å². The van der Waals surface area contributed by atoms with Crippen molar-refractivity contribution >= 4 is 17.8 Å². The highest BCUT2D eigenvalue weighted by atomic mass is 19.1. The van der Waals surface area contributed by atoms with Gasteiger partial charge in [-0.1, -0.05) is 18.9 Å². The normalized spacial score (nSPS) is 20.0. The Kier molecular flexibility index (Phi) is 4.45. The van der Waals surface area contributed by atoms with Crippen molar-refractivity contribution in [2.45, 2.75) is 44.2 Å². The van der Waals surface area contributed by atoms with Crippen LogP contribution in [0.25, 0.3) is 0 Å². The minimum Gasteiger partial charge on any atom is -0.348 e. The first-order valence-electron chi connectivity index (χ1n) is 8.21. The molecular weight excluding hydrogens is 332 g/mol. The standard InChI is InChI=1S/C17H19F2N3O3/c1-10(12-5-4-11(18)8-13(12)19)20-14(23)9-22-15(24)17(21-16(22)25)6-2-3-7-17/h4-5,8,10H,2-3,6-7,9H2,1H3,(H,20,23)(H,21,25)/t10-/m0/s1. The summed E-state index contributed by atoms with van der Waals surface area (Å²) in [6.07, 6.45) is 2.86. The van der Waals surface area contributed by atoms with Crippen LogP contribution < -0.4 is 10.6 Å². The highest BCUT2D eigenvalue weighted by Gasteiger charge is 2.52. The number of benzene rings is 1. The van der Waals surface area contributed by atoms with Gasteiger partial charge in [0.2, 0.25) is 5.91 Å². The maximum atomic E-state index is 13.8. The van der Waals surface area contributed by atoms with Gasteiger partial charge < -0.3 is 10.6 Å². The van der Waals surface area contributed by atoms with E-state index in [-0.39, 0.29) is 11.5 Å². The number of hydrogen-bond donors (Lipinski definition) is 2. The van der Waals surface area contributed by atoms with E-state index in [2.05, 4.69) is 10.6 Å². The Morgan fingerprint density at radius 2 is 2.00 bits per heavy atom. The second-order valence-electron chi connectivity index (χ2n) is 6.57. The monoisotopic (exact) mass is 351 g/mol. The molecule has 4 amide bonds. The highest BCUT2D eigenvalue weighted by molar-refractivity contribution is 6.09. The summed E-state index contributed by atoms with van der Waals surface area (Å²) in [6, 6.07) is 1.77. The van der Waals surface area contributed by atoms with Crippen molar-refractivity contribution in [3.8, 4) is 0 Å². The van der Waals surface area contributed by atoms with Gasteiger partial charge in [0.05, 0.1) is 6.04 Å². The van der Waals surface area contributed by atoms with Crippen LogP contribution >= 0.6 is 0 Å². The number of carbonyl (C=O) groups is 3. The van der Waals surface area contributed by atoms with E-state index in [0.717, 1.165) is 29.9 Å². The molecule has 0 bridgehead atoms. The van der Waals surface area contributed by atoms with Crippen molar-refractivity contribution < 1.29 is 23.2 Å². The van der Waals surface area contributed by atoms with Gasteiger partial charge in [0.1, 0.15) is 23.7 Å². The molecule has 2 N–H and O–H groups in total. The number of urea groups is 1. The quantitative estimate of drug-likeness (QED) is 0.815. The van der Waals surface area contributed by atoms with Crippen LogP contribution in [-0.4, -0.2) is 34.8 Å². The largest absolute Gasteiger partial charge is 0.348 e. The van der Waals surface area contributed by atoms with Gasteiger partial charge in [0.15, 0.2) is 0 Å². The molecule has 134 valence electrons. The maximum absolute atomic E-state index is 13.8. The van der Waals surface area contributed by atoms with E-state index >= 15 is 0 Å². The molecular formula is C17H19F2N3O3. The lowest BCUT2D eigenvalue weighted by atomic mass is 9.98. The molecule has 1 spiro atoms. The molecule has 8 heteroatoms. The van der Waals surface area contributed by atoms with Crippen LogP contribution in [0.4, 0.5) is 13.6 Å². The van der Waals surface area contributed by atoms with Gasteiger partial charge in [-0.05, 0) is 25.8 Å². The molecule has 1 aromatic rings. The smallest absolute Gasteiger partial charge is 0.325 e. The van der Waals surface area contributed by atoms with Crippen LogP contribution in [0.2, 0.25) is 0 Å². The zero-order valence-electron chi connectivity index (χ0n) is 13.8. The summed E-state index contributed by atoms with van der Waals surface area (Å²) < 4.78 is 26.7. The van der Waals surface area contributed by atoms with Gasteiger partial charge in [-0.25, -0.2) is 13.6 Å². The average Bonchev–Trinajstić information content (AvgIpc) is 3.08. The molecule has 25 heavy (non-hydrogen) atoms. The fraction of sp³-hybridized carbons (Fsp3) is 0.471. The molecule has 1 aromatic carbocycles. The molecule has 1 heterocycles. The number of imide groups is 1. The van der Waals surface area contributed by atoms with Crippen LogP contribution in [0.1, 0.15) is 44.2 Å². The molecule has 1 aliphatic carbocycles. The molecule has 2 aliphatic rings. The third-order valence-corrected chi connectivity index (χ3v) is 4.81. The van der Waals surface area contributed by atoms with Crippen LogP contribution in [-0.2, 0) is 9.59 Å². The van der Waals surface area contributed by atoms with Crippen LogP contribution in [0.15, 0.2) is 18.2 Å². The van der Waals surface area contributed by atoms with Gasteiger partial charge >= 0.3 is 6.03 Å². The first-order valence-corrected chi connectivity index (χ1v) is 8.21. The number of amides is 4. The topological polar surface area (TPSA) is 78.5 Å². The molecule has 0 radical (unpaired) electrons. The van der Waals surface area contributed by atoms with E-state index in [0.29, 0.717) is 12.8 Å². The fourth-order valence-electron chi connectivity index (χ4n) is 3.50. The molecule has 1 saturated carbocycles. The molecule has 1 atom stereocenters. The molecule has 0 unspecified atom stereocenters. The zero-order chi connectivity index (χ0) is 18.2. The predicted octanol–water partition coefficient (Wildman–Crippen LogP) is 2.01. The number of nitrogens with one attached hydrogen (secondary N) is 2. The summed E-state index contributed by atoms with van der Waals surface area (Å²) in [5.74, 6) is -2.45. The Balaban J connectivity index is 1.64. The third kappa shape index (κ3) is 3.20.